The number of aliphatic hydroxyl groups is 1. The van der Waals surface area contributed by atoms with Gasteiger partial charge in [-0.15, -0.1) is 0 Å². The molecular weight excluding hydrogens is 436 g/mol. The first kappa shape index (κ1) is 23.8. The van der Waals surface area contributed by atoms with Crippen molar-refractivity contribution in [1.82, 2.24) is 10.2 Å². The van der Waals surface area contributed by atoms with Crippen LogP contribution in [0, 0.1) is 5.41 Å². The van der Waals surface area contributed by atoms with Gasteiger partial charge >= 0.3 is 12.1 Å². The second-order valence-corrected chi connectivity index (χ2v) is 10.2. The van der Waals surface area contributed by atoms with Gasteiger partial charge in [0.05, 0.1) is 13.1 Å². The molecule has 1 unspecified atom stereocenters. The molecule has 1 fully saturated rings. The highest BCUT2D eigenvalue weighted by atomic mass is 16.5. The van der Waals surface area contributed by atoms with Crippen LogP contribution in [0.4, 0.5) is 4.79 Å². The lowest BCUT2D eigenvalue weighted by Gasteiger charge is -2.44. The number of likely N-dealkylation sites (tertiary alicyclic amines) is 1. The average molecular weight is 467 g/mol. The fourth-order valence-corrected chi connectivity index (χ4v) is 4.56. The van der Waals surface area contributed by atoms with Crippen LogP contribution in [0.25, 0.3) is 11.1 Å². The second kappa shape index (κ2) is 8.76. The maximum Gasteiger partial charge on any atom is 0.407 e. The number of rotatable bonds is 6. The Bertz CT molecular complexity index is 1070. The van der Waals surface area contributed by atoms with Crippen molar-refractivity contribution in [2.24, 2.45) is 5.41 Å². The van der Waals surface area contributed by atoms with Gasteiger partial charge in [-0.25, -0.2) is 9.59 Å². The summed E-state index contributed by atoms with van der Waals surface area (Å²) in [5.41, 5.74) is 2.16. The summed E-state index contributed by atoms with van der Waals surface area (Å²) in [4.78, 5) is 37.7. The number of β-amino-alcohol motifs (C(OH)–C–C–N with tert-alkyl or cyclic N) is 1. The molecule has 3 N–H and O–H groups in total. The van der Waals surface area contributed by atoms with Gasteiger partial charge in [0, 0.05) is 18.4 Å². The molecule has 0 spiro atoms. The molecule has 1 aliphatic carbocycles. The predicted octanol–water partition coefficient (Wildman–Crippen LogP) is 2.99. The van der Waals surface area contributed by atoms with E-state index in [1.165, 1.54) is 4.90 Å². The first-order valence-electron chi connectivity index (χ1n) is 11.3. The number of benzene rings is 2. The third kappa shape index (κ3) is 4.50. The summed E-state index contributed by atoms with van der Waals surface area (Å²) in [6.07, 6.45) is -0.635. The van der Waals surface area contributed by atoms with E-state index in [0.717, 1.165) is 22.3 Å². The van der Waals surface area contributed by atoms with E-state index >= 15 is 0 Å². The van der Waals surface area contributed by atoms with Gasteiger partial charge in [-0.3, -0.25) is 4.79 Å². The van der Waals surface area contributed by atoms with E-state index in [1.807, 2.05) is 57.2 Å². The summed E-state index contributed by atoms with van der Waals surface area (Å²) in [5, 5.41) is 21.7. The topological polar surface area (TPSA) is 116 Å². The van der Waals surface area contributed by atoms with Crippen LogP contribution >= 0.6 is 0 Å². The summed E-state index contributed by atoms with van der Waals surface area (Å²) in [6.45, 7) is 5.35. The minimum absolute atomic E-state index is 0.0244. The Kier molecular flexibility index (Phi) is 6.12. The molecule has 1 heterocycles. The minimum atomic E-state index is -1.90. The number of carboxylic acids is 1. The Labute approximate surface area is 198 Å². The molecule has 4 rings (SSSR count). The van der Waals surface area contributed by atoms with Gasteiger partial charge in [0.2, 0.25) is 5.91 Å². The number of alkyl carbamates (subject to hydrolysis) is 1. The van der Waals surface area contributed by atoms with E-state index in [2.05, 4.69) is 17.4 Å². The number of carboxylic acid groups (broad SMARTS) is 1. The monoisotopic (exact) mass is 466 g/mol. The molecular formula is C26H30N2O6. The summed E-state index contributed by atoms with van der Waals surface area (Å²) < 4.78 is 5.62. The fraction of sp³-hybridized carbons (Fsp3) is 0.423. The number of hydrogen-bond donors (Lipinski definition) is 3. The van der Waals surface area contributed by atoms with Gasteiger partial charge in [0.1, 0.15) is 6.61 Å². The first-order chi connectivity index (χ1) is 16.0. The van der Waals surface area contributed by atoms with Gasteiger partial charge in [0.25, 0.3) is 0 Å². The lowest BCUT2D eigenvalue weighted by atomic mass is 9.83. The lowest BCUT2D eigenvalue weighted by molar-refractivity contribution is -0.182. The molecule has 1 saturated heterocycles. The maximum absolute atomic E-state index is 12.7. The molecule has 0 bridgehead atoms. The molecule has 8 nitrogen and oxygen atoms in total. The zero-order chi connectivity index (χ0) is 24.7. The zero-order valence-corrected chi connectivity index (χ0v) is 19.6. The molecule has 180 valence electrons. The molecule has 34 heavy (non-hydrogen) atoms. The van der Waals surface area contributed by atoms with Gasteiger partial charge in [0.15, 0.2) is 5.60 Å². The van der Waals surface area contributed by atoms with Crippen molar-refractivity contribution < 1.29 is 29.3 Å². The highest BCUT2D eigenvalue weighted by molar-refractivity contribution is 5.85. The van der Waals surface area contributed by atoms with E-state index in [9.17, 15) is 19.5 Å². The molecule has 2 aliphatic rings. The normalized spacial score (nSPS) is 17.2. The standard InChI is InChI=1S/C26H30N2O6/c1-25(2,3)21(12-22(29)28-14-26(33,15-28)23(30)31)27-24(32)34-13-20-18-10-6-4-8-16(18)17-9-5-7-11-19(17)20/h4-11,20-21,33H,12-15H2,1-3H3,(H,27,32)(H,30,31). The van der Waals surface area contributed by atoms with E-state index in [0.29, 0.717) is 0 Å². The molecule has 2 aromatic carbocycles. The van der Waals surface area contributed by atoms with Gasteiger partial charge in [-0.05, 0) is 27.7 Å². The Morgan fingerprint density at radius 2 is 1.59 bits per heavy atom. The fourth-order valence-electron chi connectivity index (χ4n) is 4.56. The van der Waals surface area contributed by atoms with Crippen LogP contribution in [-0.4, -0.2) is 64.4 Å². The Morgan fingerprint density at radius 1 is 1.06 bits per heavy atom. The van der Waals surface area contributed by atoms with E-state index in [-0.39, 0.29) is 37.9 Å². The van der Waals surface area contributed by atoms with Crippen LogP contribution in [0.5, 0.6) is 0 Å². The molecule has 1 atom stereocenters. The third-order valence-corrected chi connectivity index (χ3v) is 6.72. The summed E-state index contributed by atoms with van der Waals surface area (Å²) in [7, 11) is 0. The van der Waals surface area contributed by atoms with Crippen molar-refractivity contribution in [3.63, 3.8) is 0 Å². The van der Waals surface area contributed by atoms with Gasteiger partial charge < -0.3 is 25.2 Å². The van der Waals surface area contributed by atoms with Crippen LogP contribution < -0.4 is 5.32 Å². The number of amides is 2. The molecule has 8 heteroatoms. The number of carbonyl (C=O) groups excluding carboxylic acids is 2. The van der Waals surface area contributed by atoms with Gasteiger partial charge in [-0.1, -0.05) is 69.3 Å². The van der Waals surface area contributed by atoms with E-state index < -0.39 is 29.1 Å². The smallest absolute Gasteiger partial charge is 0.407 e. The average Bonchev–Trinajstić information content (AvgIpc) is 3.08. The zero-order valence-electron chi connectivity index (χ0n) is 19.6. The van der Waals surface area contributed by atoms with Crippen molar-refractivity contribution in [3.05, 3.63) is 59.7 Å². The molecule has 2 aromatic rings. The largest absolute Gasteiger partial charge is 0.479 e. The number of fused-ring (bicyclic) bond motifs is 3. The SMILES string of the molecule is CC(C)(C)C(CC(=O)N1CC(O)(C(=O)O)C1)NC(=O)OCC1c2ccccc2-c2ccccc21. The molecule has 0 aromatic heterocycles. The van der Waals surface area contributed by atoms with Crippen molar-refractivity contribution in [2.45, 2.75) is 44.8 Å². The number of nitrogens with zero attached hydrogens (tertiary/aromatic N) is 1. The van der Waals surface area contributed by atoms with E-state index in [4.69, 9.17) is 9.84 Å². The van der Waals surface area contributed by atoms with Crippen molar-refractivity contribution in [2.75, 3.05) is 19.7 Å². The Hall–Kier alpha value is -3.39. The molecule has 0 radical (unpaired) electrons. The van der Waals surface area contributed by atoms with Crippen LogP contribution in [0.15, 0.2) is 48.5 Å². The minimum Gasteiger partial charge on any atom is -0.479 e. The number of hydrogen-bond acceptors (Lipinski definition) is 5. The number of ether oxygens (including phenoxy) is 1. The van der Waals surface area contributed by atoms with Crippen LogP contribution in [0.1, 0.15) is 44.2 Å². The predicted molar refractivity (Wildman–Crippen MR) is 125 cm³/mol. The van der Waals surface area contributed by atoms with Crippen LogP contribution in [0.3, 0.4) is 0 Å². The third-order valence-electron chi connectivity index (χ3n) is 6.72. The number of aliphatic carboxylic acids is 1. The van der Waals surface area contributed by atoms with Crippen LogP contribution in [-0.2, 0) is 14.3 Å². The van der Waals surface area contributed by atoms with Gasteiger partial charge in [-0.2, -0.15) is 0 Å². The first-order valence-corrected chi connectivity index (χ1v) is 11.3. The quantitative estimate of drug-likeness (QED) is 0.603. The molecule has 1 aliphatic heterocycles. The molecule has 0 saturated carbocycles. The highest BCUT2D eigenvalue weighted by Crippen LogP contribution is 2.44. The van der Waals surface area contributed by atoms with E-state index in [1.54, 1.807) is 0 Å². The molecule has 2 amide bonds. The lowest BCUT2D eigenvalue weighted by Crippen LogP contribution is -2.68. The summed E-state index contributed by atoms with van der Waals surface area (Å²) >= 11 is 0. The number of carbonyl (C=O) groups is 3. The Balaban J connectivity index is 1.38. The summed E-state index contributed by atoms with van der Waals surface area (Å²) in [6, 6.07) is 15.6. The maximum atomic E-state index is 12.7. The Morgan fingerprint density at radius 3 is 2.09 bits per heavy atom. The summed E-state index contributed by atoms with van der Waals surface area (Å²) in [5.74, 6) is -1.74. The highest BCUT2D eigenvalue weighted by Gasteiger charge is 2.50. The van der Waals surface area contributed by atoms with Crippen molar-refractivity contribution in [3.8, 4) is 11.1 Å². The second-order valence-electron chi connectivity index (χ2n) is 10.2. The van der Waals surface area contributed by atoms with Crippen LogP contribution in [0.2, 0.25) is 0 Å². The van der Waals surface area contributed by atoms with Crippen molar-refractivity contribution in [1.29, 1.82) is 0 Å². The number of nitrogens with one attached hydrogen (secondary N) is 1. The van der Waals surface area contributed by atoms with Crippen molar-refractivity contribution >= 4 is 18.0 Å².